The van der Waals surface area contributed by atoms with Gasteiger partial charge in [-0.3, -0.25) is 4.79 Å². The van der Waals surface area contributed by atoms with E-state index in [9.17, 15) is 4.79 Å². The molecule has 0 saturated carbocycles. The molecule has 2 N–H and O–H groups in total. The standard InChI is InChI=1S/C14H28N4O3.HI/c1-11(9-20-4)17-14(16-8-13(19)18(2)3)15-7-12-5-6-21-10-12;/h11-12H,5-10H2,1-4H3,(H2,15,16,17);1H. The van der Waals surface area contributed by atoms with E-state index in [1.807, 2.05) is 6.92 Å². The molecule has 0 aromatic heterocycles. The predicted molar refractivity (Wildman–Crippen MR) is 97.8 cm³/mol. The molecule has 1 rings (SSSR count). The Morgan fingerprint density at radius 2 is 2.23 bits per heavy atom. The first-order chi connectivity index (χ1) is 10.0. The van der Waals surface area contributed by atoms with Crippen LogP contribution in [0.4, 0.5) is 0 Å². The quantitative estimate of drug-likeness (QED) is 0.347. The van der Waals surface area contributed by atoms with E-state index < -0.39 is 0 Å². The number of carbonyl (C=O) groups excluding carboxylic acids is 1. The molecule has 1 saturated heterocycles. The van der Waals surface area contributed by atoms with Crippen molar-refractivity contribution in [1.29, 1.82) is 0 Å². The van der Waals surface area contributed by atoms with Crippen LogP contribution in [0, 0.1) is 5.92 Å². The maximum Gasteiger partial charge on any atom is 0.243 e. The van der Waals surface area contributed by atoms with E-state index in [1.165, 1.54) is 4.90 Å². The van der Waals surface area contributed by atoms with Gasteiger partial charge in [0.25, 0.3) is 0 Å². The van der Waals surface area contributed by atoms with Gasteiger partial charge in [-0.1, -0.05) is 0 Å². The molecule has 7 nitrogen and oxygen atoms in total. The topological polar surface area (TPSA) is 75.2 Å². The van der Waals surface area contributed by atoms with Crippen LogP contribution in [0.1, 0.15) is 13.3 Å². The van der Waals surface area contributed by atoms with Gasteiger partial charge in [0, 0.05) is 46.3 Å². The molecular formula is C14H29IN4O3. The summed E-state index contributed by atoms with van der Waals surface area (Å²) in [6.45, 7) is 5.11. The van der Waals surface area contributed by atoms with Gasteiger partial charge < -0.3 is 25.0 Å². The summed E-state index contributed by atoms with van der Waals surface area (Å²) >= 11 is 0. The van der Waals surface area contributed by atoms with Crippen molar-refractivity contribution in [2.24, 2.45) is 10.9 Å². The van der Waals surface area contributed by atoms with Gasteiger partial charge in [0.05, 0.1) is 13.2 Å². The summed E-state index contributed by atoms with van der Waals surface area (Å²) in [4.78, 5) is 17.5. The van der Waals surface area contributed by atoms with E-state index in [0.29, 0.717) is 18.5 Å². The van der Waals surface area contributed by atoms with Crippen molar-refractivity contribution in [1.82, 2.24) is 15.5 Å². The van der Waals surface area contributed by atoms with Crippen LogP contribution in [-0.2, 0) is 14.3 Å². The molecule has 0 aromatic carbocycles. The highest BCUT2D eigenvalue weighted by atomic mass is 127. The monoisotopic (exact) mass is 428 g/mol. The minimum atomic E-state index is -0.0281. The molecule has 2 unspecified atom stereocenters. The predicted octanol–water partition coefficient (Wildman–Crippen LogP) is 0.299. The Bertz CT molecular complexity index is 347. The lowest BCUT2D eigenvalue weighted by molar-refractivity contribution is -0.127. The fourth-order valence-corrected chi connectivity index (χ4v) is 1.95. The first-order valence-corrected chi connectivity index (χ1v) is 7.34. The van der Waals surface area contributed by atoms with E-state index in [4.69, 9.17) is 9.47 Å². The number of carbonyl (C=O) groups is 1. The molecule has 0 spiro atoms. The van der Waals surface area contributed by atoms with Gasteiger partial charge in [0.15, 0.2) is 5.96 Å². The van der Waals surface area contributed by atoms with Crippen molar-refractivity contribution in [3.63, 3.8) is 0 Å². The number of likely N-dealkylation sites (N-methyl/N-ethyl adjacent to an activating group) is 1. The van der Waals surface area contributed by atoms with Gasteiger partial charge >= 0.3 is 0 Å². The van der Waals surface area contributed by atoms with Gasteiger partial charge in [-0.25, -0.2) is 4.99 Å². The first kappa shape index (κ1) is 21.4. The van der Waals surface area contributed by atoms with Crippen LogP contribution >= 0.6 is 24.0 Å². The van der Waals surface area contributed by atoms with E-state index in [1.54, 1.807) is 21.2 Å². The zero-order chi connectivity index (χ0) is 15.7. The lowest BCUT2D eigenvalue weighted by Gasteiger charge is -2.19. The number of amides is 1. The van der Waals surface area contributed by atoms with Crippen molar-refractivity contribution in [3.8, 4) is 0 Å². The highest BCUT2D eigenvalue weighted by Crippen LogP contribution is 2.10. The second-order valence-corrected chi connectivity index (χ2v) is 5.56. The first-order valence-electron chi connectivity index (χ1n) is 7.34. The van der Waals surface area contributed by atoms with E-state index in [2.05, 4.69) is 15.6 Å². The third-order valence-electron chi connectivity index (χ3n) is 3.25. The Kier molecular flexibility index (Phi) is 11.6. The molecule has 1 amide bonds. The Balaban J connectivity index is 0.00000441. The lowest BCUT2D eigenvalue weighted by Crippen LogP contribution is -2.46. The van der Waals surface area contributed by atoms with Gasteiger partial charge in [0.2, 0.25) is 5.91 Å². The molecule has 0 aliphatic carbocycles. The number of guanidine groups is 1. The maximum atomic E-state index is 11.6. The Labute approximate surface area is 150 Å². The SMILES string of the molecule is COCC(C)NC(=NCC(=O)N(C)C)NCC1CCOC1.I. The number of halogens is 1. The summed E-state index contributed by atoms with van der Waals surface area (Å²) in [5, 5.41) is 6.52. The highest BCUT2D eigenvalue weighted by Gasteiger charge is 2.16. The van der Waals surface area contributed by atoms with Crippen molar-refractivity contribution in [2.75, 3.05) is 54.1 Å². The van der Waals surface area contributed by atoms with Crippen molar-refractivity contribution in [2.45, 2.75) is 19.4 Å². The van der Waals surface area contributed by atoms with Gasteiger partial charge in [-0.15, -0.1) is 24.0 Å². The maximum absolute atomic E-state index is 11.6. The van der Waals surface area contributed by atoms with Crippen LogP contribution < -0.4 is 10.6 Å². The Morgan fingerprint density at radius 3 is 2.77 bits per heavy atom. The summed E-state index contributed by atoms with van der Waals surface area (Å²) in [5.41, 5.74) is 0. The third-order valence-corrected chi connectivity index (χ3v) is 3.25. The zero-order valence-corrected chi connectivity index (χ0v) is 16.3. The largest absolute Gasteiger partial charge is 0.383 e. The molecule has 8 heteroatoms. The molecule has 2 atom stereocenters. The number of nitrogens with zero attached hydrogens (tertiary/aromatic N) is 2. The van der Waals surface area contributed by atoms with Crippen LogP contribution in [0.15, 0.2) is 4.99 Å². The molecule has 1 aliphatic rings. The molecule has 0 bridgehead atoms. The third kappa shape index (κ3) is 8.74. The van der Waals surface area contributed by atoms with Crippen molar-refractivity contribution < 1.29 is 14.3 Å². The van der Waals surface area contributed by atoms with Crippen molar-refractivity contribution >= 4 is 35.8 Å². The molecule has 1 aliphatic heterocycles. The normalized spacial score (nSPS) is 19.3. The van der Waals surface area contributed by atoms with Gasteiger partial charge in [-0.2, -0.15) is 0 Å². The Hall–Kier alpha value is -0.610. The van der Waals surface area contributed by atoms with Crippen LogP contribution in [0.25, 0.3) is 0 Å². The lowest BCUT2D eigenvalue weighted by atomic mass is 10.1. The van der Waals surface area contributed by atoms with Crippen LogP contribution in [0.5, 0.6) is 0 Å². The van der Waals surface area contributed by atoms with Gasteiger partial charge in [0.1, 0.15) is 6.54 Å². The van der Waals surface area contributed by atoms with Crippen molar-refractivity contribution in [3.05, 3.63) is 0 Å². The summed E-state index contributed by atoms with van der Waals surface area (Å²) in [5.74, 6) is 1.11. The molecular weight excluding hydrogens is 399 g/mol. The minimum absolute atomic E-state index is 0. The van der Waals surface area contributed by atoms with E-state index >= 15 is 0 Å². The number of ether oxygens (including phenoxy) is 2. The second-order valence-electron chi connectivity index (χ2n) is 5.56. The summed E-state index contributed by atoms with van der Waals surface area (Å²) < 4.78 is 10.5. The summed E-state index contributed by atoms with van der Waals surface area (Å²) in [6.07, 6.45) is 1.06. The van der Waals surface area contributed by atoms with Gasteiger partial charge in [-0.05, 0) is 13.3 Å². The number of rotatable bonds is 7. The molecule has 22 heavy (non-hydrogen) atoms. The average molecular weight is 428 g/mol. The Morgan fingerprint density at radius 1 is 1.50 bits per heavy atom. The molecule has 0 radical (unpaired) electrons. The van der Waals surface area contributed by atoms with Crippen LogP contribution in [-0.4, -0.2) is 76.9 Å². The van der Waals surface area contributed by atoms with Crippen LogP contribution in [0.2, 0.25) is 0 Å². The van der Waals surface area contributed by atoms with Crippen LogP contribution in [0.3, 0.4) is 0 Å². The smallest absolute Gasteiger partial charge is 0.243 e. The van der Waals surface area contributed by atoms with E-state index in [-0.39, 0.29) is 42.5 Å². The number of aliphatic imine (C=N–C) groups is 1. The molecule has 0 aromatic rings. The average Bonchev–Trinajstić information content (AvgIpc) is 2.94. The number of hydrogen-bond donors (Lipinski definition) is 2. The molecule has 1 fully saturated rings. The number of hydrogen-bond acceptors (Lipinski definition) is 4. The summed E-state index contributed by atoms with van der Waals surface area (Å²) in [6, 6.07) is 0.121. The fraction of sp³-hybridized carbons (Fsp3) is 0.857. The number of methoxy groups -OCH3 is 1. The molecule has 1 heterocycles. The summed E-state index contributed by atoms with van der Waals surface area (Å²) in [7, 11) is 5.11. The fourth-order valence-electron chi connectivity index (χ4n) is 1.95. The number of nitrogens with one attached hydrogen (secondary N) is 2. The highest BCUT2D eigenvalue weighted by molar-refractivity contribution is 14.0. The van der Waals surface area contributed by atoms with E-state index in [0.717, 1.165) is 26.2 Å². The molecule has 130 valence electrons. The minimum Gasteiger partial charge on any atom is -0.383 e. The second kappa shape index (κ2) is 11.9. The zero-order valence-electron chi connectivity index (χ0n) is 13.9.